The maximum absolute atomic E-state index is 12.6. The van der Waals surface area contributed by atoms with Crippen LogP contribution in [0.5, 0.6) is 0 Å². The largest absolute Gasteiger partial charge is 0.464 e. The molecule has 9 heteroatoms. The van der Waals surface area contributed by atoms with E-state index in [0.29, 0.717) is 19.6 Å². The third-order valence-electron chi connectivity index (χ3n) is 5.32. The number of rotatable bonds is 14. The second-order valence-electron chi connectivity index (χ2n) is 8.18. The molecule has 1 aliphatic rings. The van der Waals surface area contributed by atoms with Crippen LogP contribution in [0.15, 0.2) is 12.7 Å². The van der Waals surface area contributed by atoms with Crippen LogP contribution in [0.25, 0.3) is 0 Å². The molecule has 0 radical (unpaired) electrons. The number of amides is 2. The quantitative estimate of drug-likeness (QED) is 0.318. The first-order chi connectivity index (χ1) is 15.3. The Balaban J connectivity index is 2.48. The zero-order valence-corrected chi connectivity index (χ0v) is 19.8. The van der Waals surface area contributed by atoms with E-state index < -0.39 is 12.1 Å². The maximum atomic E-state index is 12.6. The average Bonchev–Trinajstić information content (AvgIpc) is 2.74. The number of carbonyl (C=O) groups is 4. The predicted molar refractivity (Wildman–Crippen MR) is 121 cm³/mol. The lowest BCUT2D eigenvalue weighted by atomic mass is 10.1. The summed E-state index contributed by atoms with van der Waals surface area (Å²) in [6.45, 7) is 10.6. The highest BCUT2D eigenvalue weighted by molar-refractivity contribution is 5.78. The first-order valence-electron chi connectivity index (χ1n) is 11.5. The van der Waals surface area contributed by atoms with Crippen molar-refractivity contribution in [3.63, 3.8) is 0 Å². The van der Waals surface area contributed by atoms with Crippen molar-refractivity contribution in [3.8, 4) is 0 Å². The Bertz CT molecular complexity index is 639. The van der Waals surface area contributed by atoms with Crippen molar-refractivity contribution in [1.29, 1.82) is 0 Å². The lowest BCUT2D eigenvalue weighted by Crippen LogP contribution is -2.57. The second kappa shape index (κ2) is 15.4. The Morgan fingerprint density at radius 3 is 2.56 bits per heavy atom. The van der Waals surface area contributed by atoms with Crippen LogP contribution in [0, 0.1) is 0 Å². The molecule has 2 atom stereocenters. The number of ketones is 1. The highest BCUT2D eigenvalue weighted by Crippen LogP contribution is 2.13. The number of ether oxygens (including phenoxy) is 2. The molecule has 182 valence electrons. The van der Waals surface area contributed by atoms with Crippen LogP contribution in [-0.4, -0.2) is 85.0 Å². The van der Waals surface area contributed by atoms with Gasteiger partial charge in [-0.05, 0) is 26.2 Å². The highest BCUT2D eigenvalue weighted by Gasteiger charge is 2.30. The summed E-state index contributed by atoms with van der Waals surface area (Å²) >= 11 is 0. The molecule has 1 fully saturated rings. The third-order valence-corrected chi connectivity index (χ3v) is 5.32. The van der Waals surface area contributed by atoms with Crippen molar-refractivity contribution in [2.24, 2.45) is 0 Å². The number of Topliss-reactive ketones (excluding diaryl/α,β-unsaturated/α-hetero) is 1. The smallest absolute Gasteiger partial charge is 0.407 e. The molecule has 1 heterocycles. The molecular weight excluding hydrogens is 414 g/mol. The van der Waals surface area contributed by atoms with Gasteiger partial charge in [0.15, 0.2) is 0 Å². The number of piperazine rings is 1. The number of hydrogen-bond acceptors (Lipinski definition) is 7. The van der Waals surface area contributed by atoms with Gasteiger partial charge in [0.1, 0.15) is 18.5 Å². The number of unbranched alkanes of at least 4 members (excludes halogenated alkanes) is 1. The van der Waals surface area contributed by atoms with Gasteiger partial charge in [0, 0.05) is 39.5 Å². The molecule has 2 unspecified atom stereocenters. The molecule has 0 saturated carbocycles. The fourth-order valence-corrected chi connectivity index (χ4v) is 3.61. The summed E-state index contributed by atoms with van der Waals surface area (Å²) in [6.07, 6.45) is 5.64. The van der Waals surface area contributed by atoms with E-state index in [9.17, 15) is 19.2 Å². The van der Waals surface area contributed by atoms with E-state index in [4.69, 9.17) is 9.47 Å². The van der Waals surface area contributed by atoms with Gasteiger partial charge in [0.2, 0.25) is 5.91 Å². The van der Waals surface area contributed by atoms with E-state index in [2.05, 4.69) is 18.8 Å². The topological polar surface area (TPSA) is 105 Å². The zero-order valence-electron chi connectivity index (χ0n) is 19.8. The number of nitrogens with one attached hydrogen (secondary N) is 1. The van der Waals surface area contributed by atoms with Crippen LogP contribution in [0.4, 0.5) is 4.79 Å². The molecule has 32 heavy (non-hydrogen) atoms. The van der Waals surface area contributed by atoms with Gasteiger partial charge in [-0.15, -0.1) is 6.58 Å². The van der Waals surface area contributed by atoms with Crippen molar-refractivity contribution in [3.05, 3.63) is 12.7 Å². The van der Waals surface area contributed by atoms with Crippen LogP contribution in [0.2, 0.25) is 0 Å². The van der Waals surface area contributed by atoms with Gasteiger partial charge in [-0.25, -0.2) is 4.79 Å². The first-order valence-corrected chi connectivity index (χ1v) is 11.5. The van der Waals surface area contributed by atoms with Crippen LogP contribution >= 0.6 is 0 Å². The molecule has 0 aliphatic carbocycles. The molecule has 2 amide bonds. The summed E-state index contributed by atoms with van der Waals surface area (Å²) in [4.78, 5) is 51.1. The van der Waals surface area contributed by atoms with E-state index in [-0.39, 0.29) is 50.0 Å². The van der Waals surface area contributed by atoms with Gasteiger partial charge < -0.3 is 19.7 Å². The molecule has 1 N–H and O–H groups in total. The number of alkyl carbamates (subject to hydrolysis) is 1. The number of hydrogen-bond donors (Lipinski definition) is 1. The molecule has 0 bridgehead atoms. The fourth-order valence-electron chi connectivity index (χ4n) is 3.61. The summed E-state index contributed by atoms with van der Waals surface area (Å²) in [5.41, 5.74) is 0. The van der Waals surface area contributed by atoms with E-state index in [0.717, 1.165) is 32.1 Å². The van der Waals surface area contributed by atoms with Crippen LogP contribution in [0.3, 0.4) is 0 Å². The highest BCUT2D eigenvalue weighted by atomic mass is 16.6. The zero-order chi connectivity index (χ0) is 23.9. The minimum Gasteiger partial charge on any atom is -0.464 e. The third kappa shape index (κ3) is 11.3. The fraction of sp³-hybridized carbons (Fsp3) is 0.739. The van der Waals surface area contributed by atoms with Crippen molar-refractivity contribution in [2.75, 3.05) is 39.3 Å². The van der Waals surface area contributed by atoms with Crippen LogP contribution < -0.4 is 5.32 Å². The maximum Gasteiger partial charge on any atom is 0.407 e. The molecule has 1 saturated heterocycles. The molecule has 1 rings (SSSR count). The van der Waals surface area contributed by atoms with Crippen molar-refractivity contribution >= 4 is 23.8 Å². The van der Waals surface area contributed by atoms with E-state index >= 15 is 0 Å². The number of nitrogens with zero attached hydrogens (tertiary/aromatic N) is 2. The molecule has 0 aromatic rings. The summed E-state index contributed by atoms with van der Waals surface area (Å²) in [7, 11) is 0. The van der Waals surface area contributed by atoms with Gasteiger partial charge in [-0.3, -0.25) is 19.3 Å². The van der Waals surface area contributed by atoms with Crippen LogP contribution in [0.1, 0.15) is 59.3 Å². The summed E-state index contributed by atoms with van der Waals surface area (Å²) in [6, 6.07) is -0.234. The van der Waals surface area contributed by atoms with Crippen LogP contribution in [-0.2, 0) is 23.9 Å². The Kier molecular flexibility index (Phi) is 13.3. The Morgan fingerprint density at radius 2 is 1.94 bits per heavy atom. The van der Waals surface area contributed by atoms with Gasteiger partial charge in [0.05, 0.1) is 12.6 Å². The van der Waals surface area contributed by atoms with E-state index in [1.807, 2.05) is 11.0 Å². The van der Waals surface area contributed by atoms with Crippen molar-refractivity contribution in [2.45, 2.75) is 71.4 Å². The first kappa shape index (κ1) is 27.6. The predicted octanol–water partition coefficient (Wildman–Crippen LogP) is 2.29. The number of carbonyl (C=O) groups excluding carboxylic acids is 4. The lowest BCUT2D eigenvalue weighted by Gasteiger charge is -2.40. The minimum atomic E-state index is -0.512. The molecule has 1 aliphatic heterocycles. The summed E-state index contributed by atoms with van der Waals surface area (Å²) in [5, 5.41) is 2.66. The summed E-state index contributed by atoms with van der Waals surface area (Å²) < 4.78 is 10.6. The Hall–Kier alpha value is -2.42. The van der Waals surface area contributed by atoms with Crippen molar-refractivity contribution < 1.29 is 28.7 Å². The van der Waals surface area contributed by atoms with Gasteiger partial charge >= 0.3 is 12.1 Å². The minimum absolute atomic E-state index is 0.0191. The monoisotopic (exact) mass is 453 g/mol. The van der Waals surface area contributed by atoms with Gasteiger partial charge in [0.25, 0.3) is 0 Å². The normalized spacial score (nSPS) is 17.3. The SMILES string of the molecule is C=CCCC(CCCC)OC(=O)NCCC(=O)N1CCN(CC(C)=O)C(COC(C)=O)C1. The van der Waals surface area contributed by atoms with E-state index in [1.165, 1.54) is 13.8 Å². The molecule has 0 aromatic heterocycles. The molecular formula is C23H39N3O6. The van der Waals surface area contributed by atoms with Crippen molar-refractivity contribution in [1.82, 2.24) is 15.1 Å². The summed E-state index contributed by atoms with van der Waals surface area (Å²) in [5.74, 6) is -0.482. The lowest BCUT2D eigenvalue weighted by molar-refractivity contribution is -0.144. The van der Waals surface area contributed by atoms with E-state index in [1.54, 1.807) is 4.90 Å². The molecule has 0 aromatic carbocycles. The Labute approximate surface area is 191 Å². The standard InChI is InChI=1S/C23H39N3O6/c1-5-7-9-21(10-8-6-2)32-23(30)24-12-11-22(29)26-14-13-25(15-18(3)27)20(16-26)17-31-19(4)28/h5,20-21H,1,6-17H2,2-4H3,(H,24,30). The average molecular weight is 454 g/mol. The van der Waals surface area contributed by atoms with Gasteiger partial charge in [-0.1, -0.05) is 25.8 Å². The Morgan fingerprint density at radius 1 is 1.19 bits per heavy atom. The van der Waals surface area contributed by atoms with Gasteiger partial charge in [-0.2, -0.15) is 0 Å². The number of allylic oxidation sites excluding steroid dienone is 1. The second-order valence-corrected chi connectivity index (χ2v) is 8.18. The molecule has 9 nitrogen and oxygen atoms in total. The number of esters is 1. The molecule has 0 spiro atoms.